The van der Waals surface area contributed by atoms with Crippen LogP contribution in [0.25, 0.3) is 0 Å². The van der Waals surface area contributed by atoms with Gasteiger partial charge in [0.1, 0.15) is 0 Å². The zero-order valence-electron chi connectivity index (χ0n) is 15.7. The second-order valence-electron chi connectivity index (χ2n) is 6.54. The third-order valence-electron chi connectivity index (χ3n) is 4.88. The first-order valence-corrected chi connectivity index (χ1v) is 9.34. The van der Waals surface area contributed by atoms with Gasteiger partial charge in [0.2, 0.25) is 5.91 Å². The minimum Gasteiger partial charge on any atom is -0.459 e. The molecule has 0 bridgehead atoms. The Morgan fingerprint density at radius 1 is 1.11 bits per heavy atom. The molecule has 0 aliphatic carbocycles. The number of hydrogen-bond acceptors (Lipinski definition) is 6. The summed E-state index contributed by atoms with van der Waals surface area (Å²) in [7, 11) is 0. The van der Waals surface area contributed by atoms with E-state index in [2.05, 4.69) is 20.4 Å². The summed E-state index contributed by atoms with van der Waals surface area (Å²) in [6.45, 7) is 6.52. The molecule has 8 heteroatoms. The third kappa shape index (κ3) is 4.45. The summed E-state index contributed by atoms with van der Waals surface area (Å²) in [5, 5.41) is 11.2. The van der Waals surface area contributed by atoms with E-state index in [9.17, 15) is 9.59 Å². The van der Waals surface area contributed by atoms with Gasteiger partial charge in [-0.05, 0) is 37.1 Å². The molecule has 1 fully saturated rings. The van der Waals surface area contributed by atoms with Crippen molar-refractivity contribution in [2.75, 3.05) is 36.4 Å². The van der Waals surface area contributed by atoms with Crippen molar-refractivity contribution in [3.8, 4) is 0 Å². The van der Waals surface area contributed by atoms with Crippen LogP contribution >= 0.6 is 0 Å². The molecule has 0 saturated carbocycles. The Hall–Kier alpha value is -2.90. The number of furan rings is 1. The maximum atomic E-state index is 12.3. The van der Waals surface area contributed by atoms with Crippen LogP contribution in [0.2, 0.25) is 0 Å². The normalized spacial score (nSPS) is 14.5. The molecule has 27 heavy (non-hydrogen) atoms. The second-order valence-corrected chi connectivity index (χ2v) is 6.54. The molecule has 1 N–H and O–H groups in total. The maximum Gasteiger partial charge on any atom is 0.289 e. The van der Waals surface area contributed by atoms with E-state index < -0.39 is 0 Å². The maximum absolute atomic E-state index is 12.3. The number of carbonyl (C=O) groups excluding carboxylic acids is 2. The number of nitrogens with one attached hydrogen (secondary N) is 1. The SMILES string of the molecule is CCC(CC)C(=O)Nc1ccc(N2CCN(C(=O)c3ccco3)CC2)nn1. The van der Waals surface area contributed by atoms with E-state index in [1.165, 1.54) is 6.26 Å². The molecule has 0 aromatic carbocycles. The molecule has 2 amide bonds. The molecule has 1 aliphatic heterocycles. The van der Waals surface area contributed by atoms with Crippen LogP contribution in [-0.4, -0.2) is 53.1 Å². The topological polar surface area (TPSA) is 91.6 Å². The van der Waals surface area contributed by atoms with Crippen LogP contribution in [-0.2, 0) is 4.79 Å². The summed E-state index contributed by atoms with van der Waals surface area (Å²) in [5.74, 6) is 1.44. The lowest BCUT2D eigenvalue weighted by Gasteiger charge is -2.34. The number of anilines is 2. The smallest absolute Gasteiger partial charge is 0.289 e. The van der Waals surface area contributed by atoms with Crippen molar-refractivity contribution in [3.63, 3.8) is 0 Å². The molecule has 0 radical (unpaired) electrons. The van der Waals surface area contributed by atoms with Crippen molar-refractivity contribution in [2.45, 2.75) is 26.7 Å². The van der Waals surface area contributed by atoms with Gasteiger partial charge in [-0.3, -0.25) is 9.59 Å². The standard InChI is InChI=1S/C19H25N5O3/c1-3-14(4-2)18(25)20-16-7-8-17(22-21-16)23-9-11-24(12-10-23)19(26)15-6-5-13-27-15/h5-8,13-14H,3-4,9-12H2,1-2H3,(H,20,21,25). The zero-order valence-corrected chi connectivity index (χ0v) is 15.7. The summed E-state index contributed by atoms with van der Waals surface area (Å²) in [5.41, 5.74) is 0. The van der Waals surface area contributed by atoms with Crippen molar-refractivity contribution in [1.29, 1.82) is 0 Å². The van der Waals surface area contributed by atoms with Crippen molar-refractivity contribution < 1.29 is 14.0 Å². The molecule has 3 rings (SSSR count). The first kappa shape index (κ1) is 18.9. The Kier molecular flexibility index (Phi) is 6.05. The predicted molar refractivity (Wildman–Crippen MR) is 102 cm³/mol. The van der Waals surface area contributed by atoms with Gasteiger partial charge >= 0.3 is 0 Å². The van der Waals surface area contributed by atoms with Gasteiger partial charge in [-0.1, -0.05) is 13.8 Å². The van der Waals surface area contributed by atoms with Gasteiger partial charge in [-0.2, -0.15) is 0 Å². The highest BCUT2D eigenvalue weighted by atomic mass is 16.3. The number of hydrogen-bond donors (Lipinski definition) is 1. The Balaban J connectivity index is 1.54. The van der Waals surface area contributed by atoms with Crippen molar-refractivity contribution in [1.82, 2.24) is 15.1 Å². The van der Waals surface area contributed by atoms with Gasteiger partial charge < -0.3 is 19.5 Å². The monoisotopic (exact) mass is 371 g/mol. The molecule has 144 valence electrons. The van der Waals surface area contributed by atoms with E-state index in [-0.39, 0.29) is 17.7 Å². The quantitative estimate of drug-likeness (QED) is 0.838. The minimum atomic E-state index is -0.0924. The van der Waals surface area contributed by atoms with E-state index in [1.54, 1.807) is 23.1 Å². The zero-order chi connectivity index (χ0) is 19.2. The molecule has 0 unspecified atom stereocenters. The summed E-state index contributed by atoms with van der Waals surface area (Å²) >= 11 is 0. The molecular weight excluding hydrogens is 346 g/mol. The van der Waals surface area contributed by atoms with Crippen LogP contribution in [0.3, 0.4) is 0 Å². The van der Waals surface area contributed by atoms with Gasteiger partial charge in [0.25, 0.3) is 5.91 Å². The summed E-state index contributed by atoms with van der Waals surface area (Å²) in [6.07, 6.45) is 3.10. The summed E-state index contributed by atoms with van der Waals surface area (Å²) < 4.78 is 5.18. The fraction of sp³-hybridized carbons (Fsp3) is 0.474. The first-order valence-electron chi connectivity index (χ1n) is 9.34. The molecule has 3 heterocycles. The van der Waals surface area contributed by atoms with Crippen molar-refractivity contribution >= 4 is 23.5 Å². The minimum absolute atomic E-state index is 0.00810. The van der Waals surface area contributed by atoms with Gasteiger partial charge in [-0.25, -0.2) is 0 Å². The van der Waals surface area contributed by atoms with Gasteiger partial charge in [0.05, 0.1) is 6.26 Å². The largest absolute Gasteiger partial charge is 0.459 e. The molecular formula is C19H25N5O3. The van der Waals surface area contributed by atoms with Crippen LogP contribution < -0.4 is 10.2 Å². The van der Waals surface area contributed by atoms with Crippen molar-refractivity contribution in [3.05, 3.63) is 36.3 Å². The number of piperazine rings is 1. The predicted octanol–water partition coefficient (Wildman–Crippen LogP) is 2.41. The molecule has 2 aromatic heterocycles. The highest BCUT2D eigenvalue weighted by Crippen LogP contribution is 2.17. The highest BCUT2D eigenvalue weighted by Gasteiger charge is 2.24. The van der Waals surface area contributed by atoms with E-state index in [0.717, 1.165) is 18.7 Å². The number of nitrogens with zero attached hydrogens (tertiary/aromatic N) is 4. The van der Waals surface area contributed by atoms with Crippen LogP contribution in [0.4, 0.5) is 11.6 Å². The van der Waals surface area contributed by atoms with Crippen molar-refractivity contribution in [2.24, 2.45) is 5.92 Å². The van der Waals surface area contributed by atoms with Gasteiger partial charge in [0, 0.05) is 32.1 Å². The highest BCUT2D eigenvalue weighted by molar-refractivity contribution is 5.92. The first-order chi connectivity index (χ1) is 13.1. The van der Waals surface area contributed by atoms with Gasteiger partial charge in [-0.15, -0.1) is 10.2 Å². The second kappa shape index (κ2) is 8.66. The average Bonchev–Trinajstić information content (AvgIpc) is 3.24. The molecule has 1 aliphatic rings. The lowest BCUT2D eigenvalue weighted by atomic mass is 10.0. The number of aromatic nitrogens is 2. The summed E-state index contributed by atoms with van der Waals surface area (Å²) in [4.78, 5) is 28.3. The lowest BCUT2D eigenvalue weighted by molar-refractivity contribution is -0.120. The number of rotatable bonds is 6. The Bertz CT molecular complexity index is 748. The van der Waals surface area contributed by atoms with Crippen LogP contribution in [0.1, 0.15) is 37.2 Å². The molecule has 8 nitrogen and oxygen atoms in total. The number of carbonyl (C=O) groups is 2. The Labute approximate surface area is 158 Å². The lowest BCUT2D eigenvalue weighted by Crippen LogP contribution is -2.49. The van der Waals surface area contributed by atoms with E-state index in [1.807, 2.05) is 19.9 Å². The van der Waals surface area contributed by atoms with Crippen LogP contribution in [0.5, 0.6) is 0 Å². The van der Waals surface area contributed by atoms with E-state index >= 15 is 0 Å². The molecule has 0 atom stereocenters. The summed E-state index contributed by atoms with van der Waals surface area (Å²) in [6, 6.07) is 7.00. The fourth-order valence-corrected chi connectivity index (χ4v) is 3.14. The van der Waals surface area contributed by atoms with Crippen LogP contribution in [0.15, 0.2) is 34.9 Å². The van der Waals surface area contributed by atoms with Crippen LogP contribution in [0, 0.1) is 5.92 Å². The fourth-order valence-electron chi connectivity index (χ4n) is 3.14. The third-order valence-corrected chi connectivity index (χ3v) is 4.88. The number of amides is 2. The van der Waals surface area contributed by atoms with E-state index in [0.29, 0.717) is 37.8 Å². The van der Waals surface area contributed by atoms with E-state index in [4.69, 9.17) is 4.42 Å². The molecule has 0 spiro atoms. The van der Waals surface area contributed by atoms with Gasteiger partial charge in [0.15, 0.2) is 17.4 Å². The molecule has 1 saturated heterocycles. The Morgan fingerprint density at radius 3 is 2.41 bits per heavy atom. The Morgan fingerprint density at radius 2 is 1.85 bits per heavy atom. The molecule has 2 aromatic rings. The average molecular weight is 371 g/mol.